The van der Waals surface area contributed by atoms with Crippen LogP contribution in [0.5, 0.6) is 0 Å². The van der Waals surface area contributed by atoms with Crippen molar-refractivity contribution in [3.8, 4) is 0 Å². The summed E-state index contributed by atoms with van der Waals surface area (Å²) < 4.78 is 14.5. The number of fused-ring (bicyclic) bond motifs is 1. The molecule has 32 heavy (non-hydrogen) atoms. The Morgan fingerprint density at radius 2 is 1.91 bits per heavy atom. The van der Waals surface area contributed by atoms with E-state index in [9.17, 15) is 18.8 Å². The van der Waals surface area contributed by atoms with E-state index < -0.39 is 5.82 Å². The fourth-order valence-electron chi connectivity index (χ4n) is 4.71. The molecule has 8 heteroatoms. The lowest BCUT2D eigenvalue weighted by molar-refractivity contribution is -0.130. The maximum atomic E-state index is 14.5. The lowest BCUT2D eigenvalue weighted by Gasteiger charge is -2.43. The fourth-order valence-corrected chi connectivity index (χ4v) is 4.71. The molecule has 0 atom stereocenters. The monoisotopic (exact) mass is 434 g/mol. The van der Waals surface area contributed by atoms with Gasteiger partial charge < -0.3 is 10.2 Å². The molecule has 2 aliphatic rings. The maximum absolute atomic E-state index is 14.5. The Labute approximate surface area is 183 Å². The van der Waals surface area contributed by atoms with Crippen molar-refractivity contribution in [2.45, 2.75) is 19.3 Å². The second-order valence-electron chi connectivity index (χ2n) is 8.68. The summed E-state index contributed by atoms with van der Waals surface area (Å²) in [6, 6.07) is 11.6. The number of rotatable bonds is 5. The summed E-state index contributed by atoms with van der Waals surface area (Å²) >= 11 is 0. The van der Waals surface area contributed by atoms with Gasteiger partial charge in [-0.1, -0.05) is 24.3 Å². The zero-order valence-corrected chi connectivity index (χ0v) is 17.7. The fraction of sp³-hybridized carbons (Fsp3) is 0.333. The number of carbonyl (C=O) groups excluding carboxylic acids is 2. The molecule has 0 bridgehead atoms. The number of aromatic nitrogens is 2. The number of hydrogen-bond donors (Lipinski definition) is 2. The summed E-state index contributed by atoms with van der Waals surface area (Å²) in [5, 5.41) is 10.6. The van der Waals surface area contributed by atoms with Crippen LogP contribution < -0.4 is 10.9 Å². The van der Waals surface area contributed by atoms with E-state index >= 15 is 0 Å². The minimum Gasteiger partial charge on any atom is -0.359 e. The van der Waals surface area contributed by atoms with Gasteiger partial charge in [0.1, 0.15) is 5.82 Å². The third-order valence-electron chi connectivity index (χ3n) is 6.83. The number of H-pyrrole nitrogens is 1. The molecule has 1 aliphatic heterocycles. The largest absolute Gasteiger partial charge is 0.359 e. The molecule has 0 radical (unpaired) electrons. The van der Waals surface area contributed by atoms with Gasteiger partial charge in [-0.25, -0.2) is 9.49 Å². The molecule has 0 spiro atoms. The summed E-state index contributed by atoms with van der Waals surface area (Å²) in [6.45, 7) is 0.921. The Morgan fingerprint density at radius 1 is 1.19 bits per heavy atom. The molecule has 2 fully saturated rings. The first-order chi connectivity index (χ1) is 15.4. The van der Waals surface area contributed by atoms with Gasteiger partial charge in [0.25, 0.3) is 11.5 Å². The maximum Gasteiger partial charge on any atom is 0.272 e. The first-order valence-electron chi connectivity index (χ1n) is 10.7. The number of halogens is 1. The first kappa shape index (κ1) is 20.4. The highest BCUT2D eigenvalue weighted by Gasteiger charge is 2.59. The van der Waals surface area contributed by atoms with E-state index in [1.165, 1.54) is 6.07 Å². The minimum absolute atomic E-state index is 0.0134. The zero-order chi connectivity index (χ0) is 22.5. The van der Waals surface area contributed by atoms with E-state index in [1.807, 2.05) is 12.1 Å². The number of carbonyl (C=O) groups is 2. The predicted molar refractivity (Wildman–Crippen MR) is 117 cm³/mol. The van der Waals surface area contributed by atoms with E-state index in [4.69, 9.17) is 0 Å². The molecule has 1 saturated carbocycles. The van der Waals surface area contributed by atoms with Crippen LogP contribution in [0.3, 0.4) is 0 Å². The molecule has 164 valence electrons. The van der Waals surface area contributed by atoms with Crippen LogP contribution in [0.2, 0.25) is 0 Å². The molecule has 2 N–H and O–H groups in total. The number of benzene rings is 2. The number of amides is 2. The summed E-state index contributed by atoms with van der Waals surface area (Å²) in [5.41, 5.74) is 0.760. The van der Waals surface area contributed by atoms with Crippen molar-refractivity contribution in [2.24, 2.45) is 11.3 Å². The average molecular weight is 434 g/mol. The van der Waals surface area contributed by atoms with Gasteiger partial charge in [0.15, 0.2) is 0 Å². The van der Waals surface area contributed by atoms with Crippen molar-refractivity contribution in [1.29, 1.82) is 0 Å². The third kappa shape index (κ3) is 3.26. The van der Waals surface area contributed by atoms with Crippen molar-refractivity contribution < 1.29 is 14.0 Å². The zero-order valence-electron chi connectivity index (χ0n) is 17.7. The molecule has 5 rings (SSSR count). The van der Waals surface area contributed by atoms with E-state index in [1.54, 1.807) is 36.2 Å². The van der Waals surface area contributed by atoms with Crippen LogP contribution in [0.25, 0.3) is 10.8 Å². The molecule has 1 aliphatic carbocycles. The van der Waals surface area contributed by atoms with E-state index in [0.29, 0.717) is 30.6 Å². The van der Waals surface area contributed by atoms with Crippen molar-refractivity contribution in [3.63, 3.8) is 0 Å². The molecule has 2 heterocycles. The Bertz CT molecular complexity index is 1290. The van der Waals surface area contributed by atoms with Gasteiger partial charge in [-0.05, 0) is 36.6 Å². The number of aromatic amines is 1. The third-order valence-corrected chi connectivity index (χ3v) is 6.83. The summed E-state index contributed by atoms with van der Waals surface area (Å²) in [5.74, 6) is -0.792. The highest BCUT2D eigenvalue weighted by atomic mass is 19.1. The van der Waals surface area contributed by atoms with Crippen molar-refractivity contribution in [3.05, 3.63) is 75.5 Å². The Kier molecular flexibility index (Phi) is 4.80. The van der Waals surface area contributed by atoms with Crippen LogP contribution in [0.4, 0.5) is 4.39 Å². The van der Waals surface area contributed by atoms with Gasteiger partial charge in [0.05, 0.1) is 22.1 Å². The van der Waals surface area contributed by atoms with Crippen LogP contribution >= 0.6 is 0 Å². The van der Waals surface area contributed by atoms with Crippen LogP contribution in [0, 0.1) is 17.2 Å². The molecular weight excluding hydrogens is 411 g/mol. The smallest absolute Gasteiger partial charge is 0.272 e. The first-order valence-corrected chi connectivity index (χ1v) is 10.7. The van der Waals surface area contributed by atoms with Crippen LogP contribution in [-0.2, 0) is 11.2 Å². The number of hydrogen-bond acceptors (Lipinski definition) is 4. The van der Waals surface area contributed by atoms with Crippen LogP contribution in [0.1, 0.15) is 34.5 Å². The minimum atomic E-state index is -0.575. The lowest BCUT2D eigenvalue weighted by Crippen LogP contribution is -2.56. The molecule has 1 saturated heterocycles. The summed E-state index contributed by atoms with van der Waals surface area (Å²) in [7, 11) is 1.63. The van der Waals surface area contributed by atoms with Crippen LogP contribution in [0.15, 0.2) is 47.3 Å². The Morgan fingerprint density at radius 3 is 2.59 bits per heavy atom. The van der Waals surface area contributed by atoms with Gasteiger partial charge in [-0.15, -0.1) is 0 Å². The predicted octanol–water partition coefficient (Wildman–Crippen LogP) is 2.25. The van der Waals surface area contributed by atoms with Gasteiger partial charge >= 0.3 is 0 Å². The number of nitrogens with one attached hydrogen (secondary N) is 2. The number of likely N-dealkylation sites (tertiary alicyclic amines) is 1. The Hall–Kier alpha value is -3.55. The molecule has 3 aromatic rings. The van der Waals surface area contributed by atoms with E-state index in [0.717, 1.165) is 23.8 Å². The van der Waals surface area contributed by atoms with Gasteiger partial charge in [-0.2, -0.15) is 5.10 Å². The average Bonchev–Trinajstić information content (AvgIpc) is 3.57. The second-order valence-corrected chi connectivity index (χ2v) is 8.68. The SMILES string of the molecule is CNC(=O)C1(C2CN(C(=O)c3cc(Cc4n[nH]c(=O)c5ccccc45)ccc3F)C2)CC1. The second kappa shape index (κ2) is 7.55. The quantitative estimate of drug-likeness (QED) is 0.644. The molecular formula is C24H23FN4O3. The molecule has 2 aromatic carbocycles. The van der Waals surface area contributed by atoms with Gasteiger partial charge in [0.2, 0.25) is 5.91 Å². The normalized spacial score (nSPS) is 17.1. The van der Waals surface area contributed by atoms with Crippen molar-refractivity contribution >= 4 is 22.6 Å². The van der Waals surface area contributed by atoms with Crippen molar-refractivity contribution in [2.75, 3.05) is 20.1 Å². The number of nitrogens with zero attached hydrogens (tertiary/aromatic N) is 2. The molecule has 0 unspecified atom stereocenters. The summed E-state index contributed by atoms with van der Waals surface area (Å²) in [4.78, 5) is 38.7. The molecule has 1 aromatic heterocycles. The Balaban J connectivity index is 1.35. The van der Waals surface area contributed by atoms with Gasteiger partial charge in [-0.3, -0.25) is 14.4 Å². The topological polar surface area (TPSA) is 95.2 Å². The van der Waals surface area contributed by atoms with E-state index in [2.05, 4.69) is 15.5 Å². The standard InChI is InChI=1S/C24H23FN4O3/c1-26-23(32)24(8-9-24)15-12-29(13-15)22(31)18-10-14(6-7-19(18)25)11-20-16-4-2-3-5-17(16)21(30)28-27-20/h2-7,10,15H,8-9,11-13H2,1H3,(H,26,32)(H,28,30). The molecule has 7 nitrogen and oxygen atoms in total. The highest BCUT2D eigenvalue weighted by Crippen LogP contribution is 2.55. The lowest BCUT2D eigenvalue weighted by atomic mass is 9.81. The summed E-state index contributed by atoms with van der Waals surface area (Å²) in [6.07, 6.45) is 2.02. The molecule has 2 amide bonds. The van der Waals surface area contributed by atoms with E-state index in [-0.39, 0.29) is 34.3 Å². The highest BCUT2D eigenvalue weighted by molar-refractivity contribution is 5.96. The van der Waals surface area contributed by atoms with Crippen LogP contribution in [-0.4, -0.2) is 47.0 Å². The van der Waals surface area contributed by atoms with Gasteiger partial charge in [0, 0.05) is 37.9 Å². The van der Waals surface area contributed by atoms with Crippen molar-refractivity contribution in [1.82, 2.24) is 20.4 Å².